The van der Waals surface area contributed by atoms with Crippen LogP contribution in [0, 0.1) is 0 Å². The molecule has 3 rings (SSSR count). The number of benzene rings is 2. The molecule has 0 radical (unpaired) electrons. The molecule has 1 N–H and O–H groups in total. The Hall–Kier alpha value is -2.96. The van der Waals surface area contributed by atoms with Crippen molar-refractivity contribution in [2.45, 2.75) is 62.2 Å². The summed E-state index contributed by atoms with van der Waals surface area (Å²) in [5.74, 6) is -2.79. The Balaban J connectivity index is 1.80. The van der Waals surface area contributed by atoms with Gasteiger partial charge in [-0.25, -0.2) is 13.1 Å². The molecule has 4 atom stereocenters. The van der Waals surface area contributed by atoms with Gasteiger partial charge in [0.2, 0.25) is 16.3 Å². The number of carbonyl (C=O) groups is 2. The van der Waals surface area contributed by atoms with Gasteiger partial charge in [-0.15, -0.1) is 0 Å². The van der Waals surface area contributed by atoms with Crippen LogP contribution >= 0.6 is 0 Å². The number of hydrogen-bond acceptors (Lipinski definition) is 6. The predicted octanol–water partition coefficient (Wildman–Crippen LogP) is 3.55. The number of halogens is 3. The van der Waals surface area contributed by atoms with Crippen molar-refractivity contribution in [3.63, 3.8) is 0 Å². The van der Waals surface area contributed by atoms with E-state index in [4.69, 9.17) is 9.47 Å². The van der Waals surface area contributed by atoms with Crippen LogP contribution in [-0.2, 0) is 29.1 Å². The van der Waals surface area contributed by atoms with E-state index in [2.05, 4.69) is 4.72 Å². The van der Waals surface area contributed by atoms with E-state index < -0.39 is 59.1 Å². The van der Waals surface area contributed by atoms with Crippen molar-refractivity contribution in [2.24, 2.45) is 0 Å². The molecule has 0 saturated carbocycles. The molecule has 196 valence electrons. The van der Waals surface area contributed by atoms with Gasteiger partial charge in [0, 0.05) is 13.5 Å². The lowest BCUT2D eigenvalue weighted by atomic mass is 10.0. The zero-order valence-corrected chi connectivity index (χ0v) is 20.5. The maximum Gasteiger partial charge on any atom is 0.471 e. The molecule has 1 saturated heterocycles. The van der Waals surface area contributed by atoms with Crippen molar-refractivity contribution >= 4 is 21.9 Å². The third-order valence-corrected chi connectivity index (χ3v) is 7.26. The zero-order chi connectivity index (χ0) is 26.5. The number of amides is 1. The number of rotatable bonds is 8. The minimum atomic E-state index is -5.11. The third-order valence-electron chi connectivity index (χ3n) is 5.75. The number of nitrogens with zero attached hydrogens (tertiary/aromatic N) is 1. The molecule has 0 spiro atoms. The first kappa shape index (κ1) is 27.6. The number of esters is 1. The molecule has 1 heterocycles. The predicted molar refractivity (Wildman–Crippen MR) is 123 cm³/mol. The minimum Gasteiger partial charge on any atom is -0.434 e. The maximum atomic E-state index is 13.4. The molecule has 1 amide bonds. The van der Waals surface area contributed by atoms with Gasteiger partial charge in [0.15, 0.2) is 0 Å². The fraction of sp³-hybridized carbons (Fsp3) is 0.417. The molecular formula is C24H27F3N2O6S. The number of alkyl halides is 3. The van der Waals surface area contributed by atoms with Gasteiger partial charge in [-0.1, -0.05) is 48.5 Å². The fourth-order valence-corrected chi connectivity index (χ4v) is 5.23. The number of nitrogens with one attached hydrogen (secondary N) is 1. The smallest absolute Gasteiger partial charge is 0.434 e. The number of carbonyl (C=O) groups excluding carboxylic acids is 2. The van der Waals surface area contributed by atoms with Gasteiger partial charge in [0.1, 0.15) is 0 Å². The van der Waals surface area contributed by atoms with E-state index in [9.17, 15) is 31.2 Å². The van der Waals surface area contributed by atoms with Crippen molar-refractivity contribution < 1.29 is 40.7 Å². The first-order valence-electron chi connectivity index (χ1n) is 11.2. The van der Waals surface area contributed by atoms with Gasteiger partial charge < -0.3 is 14.4 Å². The van der Waals surface area contributed by atoms with Gasteiger partial charge in [-0.3, -0.25) is 9.59 Å². The van der Waals surface area contributed by atoms with Crippen LogP contribution in [0.5, 0.6) is 0 Å². The van der Waals surface area contributed by atoms with E-state index in [1.807, 2.05) is 0 Å². The molecule has 2 aromatic rings. The SMILES string of the molecule is CC(=O)O[C@@H]1O[C@H](CN(C(=O)C(F)(F)F)[C@H](C)c2ccccc2)CC[C@H]1NS(=O)(=O)c1ccccc1. The lowest BCUT2D eigenvalue weighted by Gasteiger charge is -2.39. The van der Waals surface area contributed by atoms with Gasteiger partial charge in [-0.2, -0.15) is 13.2 Å². The van der Waals surface area contributed by atoms with Crippen molar-refractivity contribution in [3.8, 4) is 0 Å². The van der Waals surface area contributed by atoms with Crippen molar-refractivity contribution in [1.29, 1.82) is 0 Å². The molecule has 36 heavy (non-hydrogen) atoms. The van der Waals surface area contributed by atoms with Crippen LogP contribution in [-0.4, -0.2) is 56.4 Å². The number of hydrogen-bond donors (Lipinski definition) is 1. The van der Waals surface area contributed by atoms with E-state index in [0.29, 0.717) is 10.5 Å². The lowest BCUT2D eigenvalue weighted by molar-refractivity contribution is -0.215. The summed E-state index contributed by atoms with van der Waals surface area (Å²) in [6.45, 7) is 2.14. The molecule has 0 unspecified atom stereocenters. The first-order chi connectivity index (χ1) is 16.9. The Morgan fingerprint density at radius 1 is 1.08 bits per heavy atom. The third kappa shape index (κ3) is 7.05. The van der Waals surface area contributed by atoms with Crippen LogP contribution < -0.4 is 4.72 Å². The van der Waals surface area contributed by atoms with E-state index in [1.54, 1.807) is 48.5 Å². The number of sulfonamides is 1. The van der Waals surface area contributed by atoms with E-state index in [0.717, 1.165) is 6.92 Å². The Bertz CT molecular complexity index is 1150. The van der Waals surface area contributed by atoms with Crippen molar-refractivity contribution in [2.75, 3.05) is 6.54 Å². The molecule has 0 bridgehead atoms. The quantitative estimate of drug-likeness (QED) is 0.526. The van der Waals surface area contributed by atoms with Crippen LogP contribution in [0.3, 0.4) is 0 Å². The minimum absolute atomic E-state index is 0.00710. The molecule has 0 aliphatic carbocycles. The molecule has 1 aliphatic rings. The Morgan fingerprint density at radius 3 is 2.22 bits per heavy atom. The fourth-order valence-electron chi connectivity index (χ4n) is 3.95. The topological polar surface area (TPSA) is 102 Å². The highest BCUT2D eigenvalue weighted by Gasteiger charge is 2.46. The van der Waals surface area contributed by atoms with E-state index in [1.165, 1.54) is 19.1 Å². The standard InChI is InChI=1S/C24H27F3N2O6S/c1-16(18-9-5-3-6-10-18)29(23(31)24(25,26)27)15-19-13-14-21(22(35-19)34-17(2)30)28-36(32,33)20-11-7-4-8-12-20/h3-12,16,19,21-22,28H,13-15H2,1-2H3/t16-,19+,21-,22-/m1/s1. The van der Waals surface area contributed by atoms with Gasteiger partial charge in [0.05, 0.1) is 23.1 Å². The second-order valence-electron chi connectivity index (χ2n) is 8.40. The van der Waals surface area contributed by atoms with Gasteiger partial charge in [0.25, 0.3) is 0 Å². The summed E-state index contributed by atoms with van der Waals surface area (Å²) < 4.78 is 79.1. The normalized spacial score (nSPS) is 21.4. The van der Waals surface area contributed by atoms with Crippen LogP contribution in [0.1, 0.15) is 38.3 Å². The van der Waals surface area contributed by atoms with Crippen molar-refractivity contribution in [3.05, 3.63) is 66.2 Å². The second kappa shape index (κ2) is 11.4. The lowest BCUT2D eigenvalue weighted by Crippen LogP contribution is -2.54. The first-order valence-corrected chi connectivity index (χ1v) is 12.7. The highest BCUT2D eigenvalue weighted by molar-refractivity contribution is 7.89. The monoisotopic (exact) mass is 528 g/mol. The maximum absolute atomic E-state index is 13.4. The Labute approximate surface area is 207 Å². The average Bonchev–Trinajstić information content (AvgIpc) is 2.83. The van der Waals surface area contributed by atoms with E-state index in [-0.39, 0.29) is 17.7 Å². The molecule has 2 aromatic carbocycles. The summed E-state index contributed by atoms with van der Waals surface area (Å²) in [6, 6.07) is 13.9. The van der Waals surface area contributed by atoms with Crippen LogP contribution in [0.25, 0.3) is 0 Å². The second-order valence-corrected chi connectivity index (χ2v) is 10.1. The molecule has 0 aromatic heterocycles. The van der Waals surface area contributed by atoms with Crippen molar-refractivity contribution in [1.82, 2.24) is 9.62 Å². The van der Waals surface area contributed by atoms with Crippen LogP contribution in [0.4, 0.5) is 13.2 Å². The summed E-state index contributed by atoms with van der Waals surface area (Å²) in [5.41, 5.74) is 0.496. The summed E-state index contributed by atoms with van der Waals surface area (Å²) in [4.78, 5) is 24.6. The molecule has 12 heteroatoms. The van der Waals surface area contributed by atoms with Gasteiger partial charge in [-0.05, 0) is 37.5 Å². The Morgan fingerprint density at radius 2 is 1.67 bits per heavy atom. The molecule has 1 aliphatic heterocycles. The molecule has 1 fully saturated rings. The molecular weight excluding hydrogens is 501 g/mol. The zero-order valence-electron chi connectivity index (χ0n) is 19.6. The van der Waals surface area contributed by atoms with Gasteiger partial charge >= 0.3 is 18.1 Å². The molecule has 8 nitrogen and oxygen atoms in total. The van der Waals surface area contributed by atoms with E-state index >= 15 is 0 Å². The number of ether oxygens (including phenoxy) is 2. The summed E-state index contributed by atoms with van der Waals surface area (Å²) in [6.07, 6.45) is -7.23. The summed E-state index contributed by atoms with van der Waals surface area (Å²) >= 11 is 0. The summed E-state index contributed by atoms with van der Waals surface area (Å²) in [7, 11) is -3.99. The highest BCUT2D eigenvalue weighted by atomic mass is 32.2. The summed E-state index contributed by atoms with van der Waals surface area (Å²) in [5, 5.41) is 0. The van der Waals surface area contributed by atoms with Crippen LogP contribution in [0.15, 0.2) is 65.6 Å². The Kier molecular flexibility index (Phi) is 8.75. The van der Waals surface area contributed by atoms with Crippen LogP contribution in [0.2, 0.25) is 0 Å². The average molecular weight is 529 g/mol. The highest BCUT2D eigenvalue weighted by Crippen LogP contribution is 2.30. The largest absolute Gasteiger partial charge is 0.471 e.